The van der Waals surface area contributed by atoms with E-state index in [0.29, 0.717) is 5.91 Å². The maximum absolute atomic E-state index is 13.3. The van der Waals surface area contributed by atoms with Crippen molar-refractivity contribution < 1.29 is 4.79 Å². The second-order valence-corrected chi connectivity index (χ2v) is 8.61. The highest BCUT2D eigenvalue weighted by Crippen LogP contribution is 2.41. The first-order chi connectivity index (χ1) is 12.1. The summed E-state index contributed by atoms with van der Waals surface area (Å²) in [4.78, 5) is 25.7. The SMILES string of the molecule is Cc1cnc(CN2CCC3(CCCN(CC4CCCCC4)C3=O)C2)[nH]1. The predicted molar refractivity (Wildman–Crippen MR) is 98.0 cm³/mol. The van der Waals surface area contributed by atoms with E-state index in [1.807, 2.05) is 13.1 Å². The van der Waals surface area contributed by atoms with Crippen molar-refractivity contribution >= 4 is 5.91 Å². The Morgan fingerprint density at radius 2 is 2.04 bits per heavy atom. The molecule has 2 saturated heterocycles. The molecule has 5 nitrogen and oxygen atoms in total. The third-order valence-corrected chi connectivity index (χ3v) is 6.59. The Balaban J connectivity index is 1.38. The van der Waals surface area contributed by atoms with Crippen LogP contribution in [0.15, 0.2) is 6.20 Å². The van der Waals surface area contributed by atoms with Gasteiger partial charge < -0.3 is 9.88 Å². The van der Waals surface area contributed by atoms with Crippen LogP contribution in [0.1, 0.15) is 62.9 Å². The van der Waals surface area contributed by atoms with Gasteiger partial charge in [0.2, 0.25) is 5.91 Å². The molecule has 3 heterocycles. The molecule has 1 aromatic heterocycles. The highest BCUT2D eigenvalue weighted by molar-refractivity contribution is 5.84. The van der Waals surface area contributed by atoms with Crippen LogP contribution in [0.2, 0.25) is 0 Å². The molecular formula is C20H32N4O. The van der Waals surface area contributed by atoms with E-state index in [4.69, 9.17) is 0 Å². The monoisotopic (exact) mass is 344 g/mol. The van der Waals surface area contributed by atoms with Crippen LogP contribution in [0.4, 0.5) is 0 Å². The van der Waals surface area contributed by atoms with Crippen molar-refractivity contribution in [2.45, 2.75) is 64.8 Å². The molecule has 0 bridgehead atoms. The minimum atomic E-state index is -0.117. The average molecular weight is 345 g/mol. The number of imidazole rings is 1. The van der Waals surface area contributed by atoms with Crippen LogP contribution in [0.3, 0.4) is 0 Å². The fourth-order valence-electron chi connectivity index (χ4n) is 5.24. The minimum absolute atomic E-state index is 0.117. The van der Waals surface area contributed by atoms with Gasteiger partial charge in [0.1, 0.15) is 5.82 Å². The number of hydrogen-bond acceptors (Lipinski definition) is 3. The molecule has 1 unspecified atom stereocenters. The minimum Gasteiger partial charge on any atom is -0.345 e. The molecule has 1 aliphatic carbocycles. The first-order valence-corrected chi connectivity index (χ1v) is 10.2. The number of nitrogens with zero attached hydrogens (tertiary/aromatic N) is 3. The smallest absolute Gasteiger partial charge is 0.230 e. The van der Waals surface area contributed by atoms with E-state index in [0.717, 1.165) is 63.0 Å². The lowest BCUT2D eigenvalue weighted by Crippen LogP contribution is -2.51. The summed E-state index contributed by atoms with van der Waals surface area (Å²) in [6.07, 6.45) is 11.9. The number of amides is 1. The van der Waals surface area contributed by atoms with E-state index in [1.54, 1.807) is 0 Å². The maximum Gasteiger partial charge on any atom is 0.230 e. The number of aryl methyl sites for hydroxylation is 1. The van der Waals surface area contributed by atoms with Crippen molar-refractivity contribution in [3.63, 3.8) is 0 Å². The third-order valence-electron chi connectivity index (χ3n) is 6.59. The fraction of sp³-hybridized carbons (Fsp3) is 0.800. The van der Waals surface area contributed by atoms with Gasteiger partial charge in [-0.1, -0.05) is 19.3 Å². The largest absolute Gasteiger partial charge is 0.345 e. The number of likely N-dealkylation sites (tertiary alicyclic amines) is 2. The van der Waals surface area contributed by atoms with E-state index >= 15 is 0 Å². The highest BCUT2D eigenvalue weighted by atomic mass is 16.2. The first kappa shape index (κ1) is 17.1. The number of aromatic nitrogens is 2. The zero-order valence-electron chi connectivity index (χ0n) is 15.6. The molecule has 5 heteroatoms. The molecule has 2 aliphatic heterocycles. The molecule has 25 heavy (non-hydrogen) atoms. The molecule has 1 saturated carbocycles. The topological polar surface area (TPSA) is 52.2 Å². The van der Waals surface area contributed by atoms with Gasteiger partial charge in [0, 0.05) is 31.5 Å². The lowest BCUT2D eigenvalue weighted by molar-refractivity contribution is -0.146. The van der Waals surface area contributed by atoms with E-state index in [-0.39, 0.29) is 5.41 Å². The van der Waals surface area contributed by atoms with Crippen LogP contribution >= 0.6 is 0 Å². The van der Waals surface area contributed by atoms with Crippen LogP contribution in [0.5, 0.6) is 0 Å². The summed E-state index contributed by atoms with van der Waals surface area (Å²) < 4.78 is 0. The van der Waals surface area contributed by atoms with Gasteiger partial charge in [-0.05, 0) is 51.5 Å². The summed E-state index contributed by atoms with van der Waals surface area (Å²) in [5.41, 5.74) is 0.991. The molecule has 1 spiro atoms. The molecule has 1 aromatic rings. The van der Waals surface area contributed by atoms with Gasteiger partial charge >= 0.3 is 0 Å². The normalized spacial score (nSPS) is 29.0. The number of rotatable bonds is 4. The van der Waals surface area contributed by atoms with Gasteiger partial charge in [0.05, 0.1) is 12.0 Å². The van der Waals surface area contributed by atoms with E-state index in [9.17, 15) is 4.79 Å². The molecule has 4 rings (SSSR count). The molecule has 1 amide bonds. The van der Waals surface area contributed by atoms with E-state index in [1.165, 1.54) is 38.5 Å². The lowest BCUT2D eigenvalue weighted by Gasteiger charge is -2.41. The van der Waals surface area contributed by atoms with Gasteiger partial charge in [-0.15, -0.1) is 0 Å². The molecule has 3 fully saturated rings. The molecule has 1 N–H and O–H groups in total. The molecule has 0 radical (unpaired) electrons. The number of nitrogens with one attached hydrogen (secondary N) is 1. The van der Waals surface area contributed by atoms with E-state index in [2.05, 4.69) is 19.8 Å². The van der Waals surface area contributed by atoms with Crippen LogP contribution in [0.25, 0.3) is 0 Å². The van der Waals surface area contributed by atoms with Gasteiger partial charge in [0.25, 0.3) is 0 Å². The fourth-order valence-corrected chi connectivity index (χ4v) is 5.24. The second kappa shape index (κ2) is 7.10. The Hall–Kier alpha value is -1.36. The van der Waals surface area contributed by atoms with Crippen molar-refractivity contribution in [2.24, 2.45) is 11.3 Å². The quantitative estimate of drug-likeness (QED) is 0.913. The molecule has 3 aliphatic rings. The number of H-pyrrole nitrogens is 1. The van der Waals surface area contributed by atoms with Gasteiger partial charge in [-0.25, -0.2) is 4.98 Å². The lowest BCUT2D eigenvalue weighted by atomic mass is 9.77. The molecular weight excluding hydrogens is 312 g/mol. The number of carbonyl (C=O) groups excluding carboxylic acids is 1. The van der Waals surface area contributed by atoms with Gasteiger partial charge in [-0.3, -0.25) is 9.69 Å². The van der Waals surface area contributed by atoms with Crippen molar-refractivity contribution in [1.29, 1.82) is 0 Å². The summed E-state index contributed by atoms with van der Waals surface area (Å²) in [5.74, 6) is 2.22. The Bertz CT molecular complexity index is 607. The predicted octanol–water partition coefficient (Wildman–Crippen LogP) is 3.11. The maximum atomic E-state index is 13.3. The van der Waals surface area contributed by atoms with Crippen molar-refractivity contribution in [1.82, 2.24) is 19.8 Å². The standard InChI is InChI=1S/C20H32N4O/c1-16-12-21-18(22-16)14-23-11-9-20(15-23)8-5-10-24(19(20)25)13-17-6-3-2-4-7-17/h12,17H,2-11,13-15H2,1H3,(H,21,22). The Kier molecular flexibility index (Phi) is 4.85. The number of piperidine rings is 1. The van der Waals surface area contributed by atoms with Crippen LogP contribution in [-0.2, 0) is 11.3 Å². The van der Waals surface area contributed by atoms with Gasteiger partial charge in [-0.2, -0.15) is 0 Å². The zero-order chi connectivity index (χ0) is 17.3. The Morgan fingerprint density at radius 3 is 2.80 bits per heavy atom. The number of carbonyl (C=O) groups is 1. The summed E-state index contributed by atoms with van der Waals surface area (Å²) in [6.45, 7) is 6.79. The van der Waals surface area contributed by atoms with Crippen LogP contribution in [0, 0.1) is 18.3 Å². The summed E-state index contributed by atoms with van der Waals surface area (Å²) in [7, 11) is 0. The van der Waals surface area contributed by atoms with Crippen molar-refractivity contribution in [3.05, 3.63) is 17.7 Å². The third kappa shape index (κ3) is 3.62. The summed E-state index contributed by atoms with van der Waals surface area (Å²) in [5, 5.41) is 0. The Morgan fingerprint density at radius 1 is 1.20 bits per heavy atom. The highest BCUT2D eigenvalue weighted by Gasteiger charge is 2.48. The van der Waals surface area contributed by atoms with Crippen LogP contribution in [-0.4, -0.2) is 51.9 Å². The van der Waals surface area contributed by atoms with Crippen molar-refractivity contribution in [2.75, 3.05) is 26.2 Å². The first-order valence-electron chi connectivity index (χ1n) is 10.2. The second-order valence-electron chi connectivity index (χ2n) is 8.61. The Labute approximate surface area is 151 Å². The molecule has 0 aromatic carbocycles. The zero-order valence-corrected chi connectivity index (χ0v) is 15.6. The average Bonchev–Trinajstić information content (AvgIpc) is 3.21. The number of aromatic amines is 1. The molecule has 138 valence electrons. The van der Waals surface area contributed by atoms with Crippen LogP contribution < -0.4 is 0 Å². The number of hydrogen-bond donors (Lipinski definition) is 1. The summed E-state index contributed by atoms with van der Waals surface area (Å²) in [6, 6.07) is 0. The molecule has 1 atom stereocenters. The van der Waals surface area contributed by atoms with Crippen molar-refractivity contribution in [3.8, 4) is 0 Å². The summed E-state index contributed by atoms with van der Waals surface area (Å²) >= 11 is 0. The van der Waals surface area contributed by atoms with Gasteiger partial charge in [0.15, 0.2) is 0 Å². The van der Waals surface area contributed by atoms with E-state index < -0.39 is 0 Å².